The highest BCUT2D eigenvalue weighted by atomic mass is 19.1. The van der Waals surface area contributed by atoms with Crippen molar-refractivity contribution in [3.05, 3.63) is 71.3 Å². The molecule has 140 valence electrons. The number of benzene rings is 2. The molecular weight excluding hydrogens is 350 g/mol. The average Bonchev–Trinajstić information content (AvgIpc) is 2.63. The third-order valence-electron chi connectivity index (χ3n) is 3.98. The van der Waals surface area contributed by atoms with Crippen molar-refractivity contribution in [3.63, 3.8) is 0 Å². The summed E-state index contributed by atoms with van der Waals surface area (Å²) in [5.74, 6) is 0.205. The molecule has 0 aliphatic heterocycles. The molecule has 0 aliphatic carbocycles. The minimum absolute atomic E-state index is 0.0862. The Hall–Kier alpha value is -3.29. The fourth-order valence-electron chi connectivity index (χ4n) is 2.53. The Morgan fingerprint density at radius 3 is 2.15 bits per heavy atom. The van der Waals surface area contributed by atoms with Gasteiger partial charge in [0.05, 0.1) is 6.04 Å². The Labute approximate surface area is 155 Å². The van der Waals surface area contributed by atoms with E-state index in [0.717, 1.165) is 11.1 Å². The van der Waals surface area contributed by atoms with Gasteiger partial charge in [-0.25, -0.2) is 8.78 Å². The van der Waals surface area contributed by atoms with Crippen LogP contribution in [0, 0.1) is 11.6 Å². The Bertz CT molecular complexity index is 884. The lowest BCUT2D eigenvalue weighted by Crippen LogP contribution is -2.14. The molecule has 27 heavy (non-hydrogen) atoms. The van der Waals surface area contributed by atoms with E-state index in [1.54, 1.807) is 24.3 Å². The van der Waals surface area contributed by atoms with Crippen LogP contribution >= 0.6 is 0 Å². The second-order valence-corrected chi connectivity index (χ2v) is 6.06. The van der Waals surface area contributed by atoms with Crippen LogP contribution in [-0.4, -0.2) is 21.5 Å². The molecule has 1 aromatic heterocycles. The lowest BCUT2D eigenvalue weighted by atomic mass is 10.1. The van der Waals surface area contributed by atoms with Crippen LogP contribution in [0.15, 0.2) is 48.5 Å². The molecular formula is C19H20F2N6. The summed E-state index contributed by atoms with van der Waals surface area (Å²) in [5.41, 5.74) is 7.64. The molecule has 0 fully saturated rings. The molecule has 1 unspecified atom stereocenters. The third kappa shape index (κ3) is 5.34. The second kappa shape index (κ2) is 8.39. The molecule has 3 aromatic rings. The minimum Gasteiger partial charge on any atom is -0.368 e. The lowest BCUT2D eigenvalue weighted by molar-refractivity contribution is 0.626. The molecule has 0 saturated heterocycles. The van der Waals surface area contributed by atoms with Gasteiger partial charge in [0.15, 0.2) is 0 Å². The zero-order chi connectivity index (χ0) is 19.2. The highest BCUT2D eigenvalue weighted by Crippen LogP contribution is 2.18. The molecule has 8 heteroatoms. The zero-order valence-electron chi connectivity index (χ0n) is 14.8. The van der Waals surface area contributed by atoms with Crippen LogP contribution in [0.5, 0.6) is 0 Å². The molecule has 3 rings (SSSR count). The van der Waals surface area contributed by atoms with Crippen molar-refractivity contribution in [1.82, 2.24) is 15.0 Å². The number of hydrogen-bond acceptors (Lipinski definition) is 6. The summed E-state index contributed by atoms with van der Waals surface area (Å²) in [6, 6.07) is 12.4. The average molecular weight is 370 g/mol. The van der Waals surface area contributed by atoms with E-state index in [2.05, 4.69) is 25.6 Å². The number of anilines is 3. The van der Waals surface area contributed by atoms with E-state index >= 15 is 0 Å². The molecule has 0 radical (unpaired) electrons. The number of hydrogen-bond donors (Lipinski definition) is 3. The van der Waals surface area contributed by atoms with E-state index in [4.69, 9.17) is 5.73 Å². The lowest BCUT2D eigenvalue weighted by Gasteiger charge is -2.15. The van der Waals surface area contributed by atoms with Crippen LogP contribution < -0.4 is 16.4 Å². The Morgan fingerprint density at radius 2 is 1.48 bits per heavy atom. The summed E-state index contributed by atoms with van der Waals surface area (Å²) in [4.78, 5) is 12.5. The van der Waals surface area contributed by atoms with Crippen molar-refractivity contribution >= 4 is 17.8 Å². The monoisotopic (exact) mass is 370 g/mol. The van der Waals surface area contributed by atoms with Crippen molar-refractivity contribution in [2.24, 2.45) is 0 Å². The van der Waals surface area contributed by atoms with Gasteiger partial charge in [0.25, 0.3) is 0 Å². The van der Waals surface area contributed by atoms with Crippen LogP contribution in [0.3, 0.4) is 0 Å². The number of nitrogens with two attached hydrogens (primary N) is 1. The molecule has 0 amide bonds. The van der Waals surface area contributed by atoms with Crippen LogP contribution in [-0.2, 0) is 6.42 Å². The molecule has 4 N–H and O–H groups in total. The van der Waals surface area contributed by atoms with Crippen LogP contribution in [0.2, 0.25) is 0 Å². The van der Waals surface area contributed by atoms with E-state index < -0.39 is 0 Å². The third-order valence-corrected chi connectivity index (χ3v) is 3.98. The molecule has 0 bridgehead atoms. The number of rotatable bonds is 7. The highest BCUT2D eigenvalue weighted by molar-refractivity contribution is 5.41. The van der Waals surface area contributed by atoms with Gasteiger partial charge in [-0.2, -0.15) is 15.0 Å². The molecule has 6 nitrogen and oxygen atoms in total. The van der Waals surface area contributed by atoms with Crippen LogP contribution in [0.1, 0.15) is 24.1 Å². The van der Waals surface area contributed by atoms with Crippen molar-refractivity contribution in [1.29, 1.82) is 0 Å². The van der Waals surface area contributed by atoms with E-state index in [1.807, 2.05) is 6.92 Å². The SMILES string of the molecule is CC(Nc1nc(N)nc(NCCc2ccc(F)cc2)n1)c1ccc(F)cc1. The number of halogens is 2. The smallest absolute Gasteiger partial charge is 0.229 e. The molecule has 2 aromatic carbocycles. The predicted molar refractivity (Wildman–Crippen MR) is 101 cm³/mol. The van der Waals surface area contributed by atoms with Gasteiger partial charge in [0.1, 0.15) is 11.6 Å². The van der Waals surface area contributed by atoms with Crippen molar-refractivity contribution in [2.75, 3.05) is 22.9 Å². The minimum atomic E-state index is -0.289. The molecule has 0 aliphatic rings. The van der Waals surface area contributed by atoms with Gasteiger partial charge in [-0.1, -0.05) is 24.3 Å². The van der Waals surface area contributed by atoms with Crippen molar-refractivity contribution in [3.8, 4) is 0 Å². The first-order chi connectivity index (χ1) is 13.0. The summed E-state index contributed by atoms with van der Waals surface area (Å²) in [7, 11) is 0. The molecule has 0 spiro atoms. The van der Waals surface area contributed by atoms with Gasteiger partial charge >= 0.3 is 0 Å². The van der Waals surface area contributed by atoms with E-state index in [-0.39, 0.29) is 23.6 Å². The van der Waals surface area contributed by atoms with E-state index in [1.165, 1.54) is 24.3 Å². The standard InChI is InChI=1S/C19H20F2N6/c1-12(14-4-8-16(21)9-5-14)24-19-26-17(22)25-18(27-19)23-11-10-13-2-6-15(20)7-3-13/h2-9,12H,10-11H2,1H3,(H4,22,23,24,25,26,27). The molecule has 0 saturated carbocycles. The maximum absolute atomic E-state index is 13.0. The van der Waals surface area contributed by atoms with Gasteiger partial charge in [-0.05, 0) is 48.7 Å². The van der Waals surface area contributed by atoms with Gasteiger partial charge in [0, 0.05) is 6.54 Å². The molecule has 1 atom stereocenters. The Balaban J connectivity index is 1.61. The summed E-state index contributed by atoms with van der Waals surface area (Å²) in [5, 5.41) is 6.21. The van der Waals surface area contributed by atoms with Crippen LogP contribution in [0.25, 0.3) is 0 Å². The first kappa shape index (κ1) is 18.5. The summed E-state index contributed by atoms with van der Waals surface area (Å²) in [6.45, 7) is 2.47. The quantitative estimate of drug-likeness (QED) is 0.589. The maximum Gasteiger partial charge on any atom is 0.229 e. The summed E-state index contributed by atoms with van der Waals surface area (Å²) < 4.78 is 26.0. The topological polar surface area (TPSA) is 88.8 Å². The number of nitrogens with zero attached hydrogens (tertiary/aromatic N) is 3. The van der Waals surface area contributed by atoms with Gasteiger partial charge < -0.3 is 16.4 Å². The Kier molecular flexibility index (Phi) is 5.75. The number of nitrogen functional groups attached to an aromatic ring is 1. The zero-order valence-corrected chi connectivity index (χ0v) is 14.8. The summed E-state index contributed by atoms with van der Waals surface area (Å²) >= 11 is 0. The fourth-order valence-corrected chi connectivity index (χ4v) is 2.53. The van der Waals surface area contributed by atoms with Gasteiger partial charge in [0.2, 0.25) is 17.8 Å². The van der Waals surface area contributed by atoms with Crippen LogP contribution in [0.4, 0.5) is 26.6 Å². The highest BCUT2D eigenvalue weighted by Gasteiger charge is 2.10. The summed E-state index contributed by atoms with van der Waals surface area (Å²) in [6.07, 6.45) is 0.681. The van der Waals surface area contributed by atoms with Crippen molar-refractivity contribution < 1.29 is 8.78 Å². The van der Waals surface area contributed by atoms with Crippen molar-refractivity contribution in [2.45, 2.75) is 19.4 Å². The fraction of sp³-hybridized carbons (Fsp3) is 0.211. The first-order valence-corrected chi connectivity index (χ1v) is 8.51. The first-order valence-electron chi connectivity index (χ1n) is 8.51. The molecule has 1 heterocycles. The van der Waals surface area contributed by atoms with Gasteiger partial charge in [-0.15, -0.1) is 0 Å². The predicted octanol–water partition coefficient (Wildman–Crippen LogP) is 3.56. The van der Waals surface area contributed by atoms with E-state index in [0.29, 0.717) is 24.9 Å². The van der Waals surface area contributed by atoms with Gasteiger partial charge in [-0.3, -0.25) is 0 Å². The Morgan fingerprint density at radius 1 is 0.889 bits per heavy atom. The normalized spacial score (nSPS) is 11.8. The number of aromatic nitrogens is 3. The van der Waals surface area contributed by atoms with E-state index in [9.17, 15) is 8.78 Å². The second-order valence-electron chi connectivity index (χ2n) is 6.06. The number of nitrogens with one attached hydrogen (secondary N) is 2. The largest absolute Gasteiger partial charge is 0.368 e. The maximum atomic E-state index is 13.0.